The quantitative estimate of drug-likeness (QED) is 0.661. The summed E-state index contributed by atoms with van der Waals surface area (Å²) in [5.74, 6) is 2.10. The van der Waals surface area contributed by atoms with Crippen LogP contribution in [-0.4, -0.2) is 20.9 Å². The van der Waals surface area contributed by atoms with Gasteiger partial charge in [-0.05, 0) is 25.0 Å². The summed E-state index contributed by atoms with van der Waals surface area (Å²) in [5, 5.41) is 18.3. The van der Waals surface area contributed by atoms with Gasteiger partial charge in [0, 0.05) is 6.20 Å². The second kappa shape index (κ2) is 3.56. The lowest BCUT2D eigenvalue weighted by Gasteiger charge is -2.07. The van der Waals surface area contributed by atoms with Gasteiger partial charge in [0.15, 0.2) is 6.10 Å². The third-order valence-electron chi connectivity index (χ3n) is 2.18. The fraction of sp³-hybridized carbons (Fsp3) is 0.300. The molecule has 0 saturated heterocycles. The molecule has 0 aliphatic rings. The molecule has 4 nitrogen and oxygen atoms in total. The Balaban J connectivity index is 3.39. The zero-order valence-electron chi connectivity index (χ0n) is 7.98. The molecule has 0 aromatic carbocycles. The third kappa shape index (κ3) is 1.50. The summed E-state index contributed by atoms with van der Waals surface area (Å²) in [5.41, 5.74) is 1.74. The first-order valence-corrected chi connectivity index (χ1v) is 4.05. The topological polar surface area (TPSA) is 62.5 Å². The number of hydrogen-bond donors (Lipinski definition) is 2. The van der Waals surface area contributed by atoms with Gasteiger partial charge in [0.1, 0.15) is 0 Å². The zero-order valence-corrected chi connectivity index (χ0v) is 7.98. The lowest BCUT2D eigenvalue weighted by atomic mass is 10.1. The van der Waals surface area contributed by atoms with Gasteiger partial charge in [0.25, 0.3) is 0 Å². The summed E-state index contributed by atoms with van der Waals surface area (Å²) < 4.78 is 0.954. The smallest absolute Gasteiger partial charge is 0.415 e. The lowest BCUT2D eigenvalue weighted by Crippen LogP contribution is -2.13. The maximum atomic E-state index is 10.8. The number of carbonyl (C=O) groups is 1. The molecular weight excluding hydrogens is 182 g/mol. The highest BCUT2D eigenvalue weighted by atomic mass is 16.4. The normalized spacial score (nSPS) is 12.1. The van der Waals surface area contributed by atoms with Crippen molar-refractivity contribution in [3.63, 3.8) is 0 Å². The van der Waals surface area contributed by atoms with Crippen LogP contribution in [0.4, 0.5) is 4.79 Å². The second-order valence-corrected chi connectivity index (χ2v) is 3.04. The largest absolute Gasteiger partial charge is 0.464 e. The van der Waals surface area contributed by atoms with Crippen LogP contribution in [0.1, 0.15) is 22.9 Å². The molecule has 1 atom stereocenters. The lowest BCUT2D eigenvalue weighted by molar-refractivity contribution is 0.187. The Morgan fingerprint density at radius 1 is 1.64 bits per heavy atom. The van der Waals surface area contributed by atoms with E-state index in [4.69, 9.17) is 11.5 Å². The zero-order chi connectivity index (χ0) is 10.9. The first-order chi connectivity index (χ1) is 6.49. The highest BCUT2D eigenvalue weighted by molar-refractivity contribution is 5.70. The van der Waals surface area contributed by atoms with Crippen LogP contribution in [0.2, 0.25) is 0 Å². The van der Waals surface area contributed by atoms with Crippen molar-refractivity contribution >= 4 is 6.09 Å². The average molecular weight is 193 g/mol. The van der Waals surface area contributed by atoms with E-state index in [-0.39, 0.29) is 5.69 Å². The van der Waals surface area contributed by atoms with Gasteiger partial charge >= 0.3 is 6.09 Å². The van der Waals surface area contributed by atoms with Crippen molar-refractivity contribution in [1.82, 2.24) is 4.57 Å². The summed E-state index contributed by atoms with van der Waals surface area (Å²) in [6, 6.07) is 0. The Morgan fingerprint density at radius 3 is 2.64 bits per heavy atom. The van der Waals surface area contributed by atoms with Gasteiger partial charge in [0.2, 0.25) is 0 Å². The van der Waals surface area contributed by atoms with E-state index in [9.17, 15) is 9.90 Å². The van der Waals surface area contributed by atoms with Crippen LogP contribution >= 0.6 is 0 Å². The van der Waals surface area contributed by atoms with Crippen molar-refractivity contribution in [3.8, 4) is 12.3 Å². The minimum absolute atomic E-state index is 0.248. The molecule has 0 amide bonds. The van der Waals surface area contributed by atoms with Crippen molar-refractivity contribution in [3.05, 3.63) is 23.0 Å². The van der Waals surface area contributed by atoms with E-state index in [0.29, 0.717) is 5.56 Å². The van der Waals surface area contributed by atoms with Gasteiger partial charge in [-0.2, -0.15) is 0 Å². The van der Waals surface area contributed by atoms with Gasteiger partial charge in [-0.25, -0.2) is 4.79 Å². The van der Waals surface area contributed by atoms with Crippen LogP contribution in [0.3, 0.4) is 0 Å². The molecule has 74 valence electrons. The highest BCUT2D eigenvalue weighted by Gasteiger charge is 2.19. The Kier molecular flexibility index (Phi) is 2.63. The summed E-state index contributed by atoms with van der Waals surface area (Å²) in [6.45, 7) is 3.49. The van der Waals surface area contributed by atoms with Crippen LogP contribution in [0, 0.1) is 26.2 Å². The van der Waals surface area contributed by atoms with E-state index >= 15 is 0 Å². The number of rotatable bonds is 1. The summed E-state index contributed by atoms with van der Waals surface area (Å²) in [4.78, 5) is 10.8. The SMILES string of the molecule is C#CC(O)c1c(C)c(C)cn1C(=O)O. The molecule has 4 heteroatoms. The van der Waals surface area contributed by atoms with Crippen LogP contribution in [0.15, 0.2) is 6.20 Å². The van der Waals surface area contributed by atoms with Crippen LogP contribution in [0.5, 0.6) is 0 Å². The van der Waals surface area contributed by atoms with Gasteiger partial charge in [-0.15, -0.1) is 6.42 Å². The van der Waals surface area contributed by atoms with E-state index in [2.05, 4.69) is 5.92 Å². The minimum Gasteiger partial charge on any atom is -0.464 e. The van der Waals surface area contributed by atoms with Gasteiger partial charge in [-0.1, -0.05) is 5.92 Å². The molecule has 0 spiro atoms. The average Bonchev–Trinajstić information content (AvgIpc) is 2.43. The third-order valence-corrected chi connectivity index (χ3v) is 2.18. The van der Waals surface area contributed by atoms with Crippen LogP contribution in [0.25, 0.3) is 0 Å². The molecule has 0 aliphatic carbocycles. The summed E-state index contributed by atoms with van der Waals surface area (Å²) in [7, 11) is 0. The first kappa shape index (κ1) is 10.4. The van der Waals surface area contributed by atoms with Gasteiger partial charge < -0.3 is 10.2 Å². The molecule has 1 heterocycles. The Morgan fingerprint density at radius 2 is 2.21 bits per heavy atom. The van der Waals surface area contributed by atoms with Crippen molar-refractivity contribution in [2.24, 2.45) is 0 Å². The monoisotopic (exact) mass is 193 g/mol. The molecule has 2 N–H and O–H groups in total. The fourth-order valence-electron chi connectivity index (χ4n) is 1.32. The van der Waals surface area contributed by atoms with E-state index in [1.807, 2.05) is 0 Å². The van der Waals surface area contributed by atoms with Crippen molar-refractivity contribution in [2.45, 2.75) is 20.0 Å². The van der Waals surface area contributed by atoms with Crippen LogP contribution in [-0.2, 0) is 0 Å². The first-order valence-electron chi connectivity index (χ1n) is 4.05. The van der Waals surface area contributed by atoms with E-state index in [1.54, 1.807) is 13.8 Å². The van der Waals surface area contributed by atoms with Gasteiger partial charge in [0.05, 0.1) is 5.69 Å². The van der Waals surface area contributed by atoms with E-state index < -0.39 is 12.2 Å². The Bertz CT molecular complexity index is 412. The molecule has 0 saturated carbocycles. The van der Waals surface area contributed by atoms with Gasteiger partial charge in [-0.3, -0.25) is 4.57 Å². The number of terminal acetylenes is 1. The molecule has 14 heavy (non-hydrogen) atoms. The predicted octanol–water partition coefficient (Wildman–Crippen LogP) is 1.30. The molecule has 0 bridgehead atoms. The van der Waals surface area contributed by atoms with Crippen molar-refractivity contribution < 1.29 is 15.0 Å². The molecule has 1 unspecified atom stereocenters. The Labute approximate surface area is 81.8 Å². The second-order valence-electron chi connectivity index (χ2n) is 3.04. The number of aromatic nitrogens is 1. The molecule has 0 fully saturated rings. The number of aliphatic hydroxyl groups is 1. The predicted molar refractivity (Wildman–Crippen MR) is 51.1 cm³/mol. The van der Waals surface area contributed by atoms with E-state index in [1.165, 1.54) is 6.20 Å². The Hall–Kier alpha value is -1.73. The maximum absolute atomic E-state index is 10.8. The molecule has 1 aromatic heterocycles. The number of aryl methyl sites for hydroxylation is 1. The number of hydrogen-bond acceptors (Lipinski definition) is 2. The number of carboxylic acid groups (broad SMARTS) is 1. The van der Waals surface area contributed by atoms with Crippen molar-refractivity contribution in [2.75, 3.05) is 0 Å². The number of aliphatic hydroxyl groups excluding tert-OH is 1. The summed E-state index contributed by atoms with van der Waals surface area (Å²) in [6.07, 6.45) is 4.15. The molecule has 1 rings (SSSR count). The van der Waals surface area contributed by atoms with E-state index in [0.717, 1.165) is 10.1 Å². The van der Waals surface area contributed by atoms with Crippen molar-refractivity contribution in [1.29, 1.82) is 0 Å². The molecule has 0 aliphatic heterocycles. The molecular formula is C10H11NO3. The molecule has 1 aromatic rings. The fourth-order valence-corrected chi connectivity index (χ4v) is 1.32. The molecule has 0 radical (unpaired) electrons. The number of nitrogens with zero attached hydrogens (tertiary/aromatic N) is 1. The highest BCUT2D eigenvalue weighted by Crippen LogP contribution is 2.22. The minimum atomic E-state index is -1.18. The standard InChI is InChI=1S/C10H11NO3/c1-4-8(12)9-7(3)6(2)5-11(9)10(13)14/h1,5,8,12H,2-3H3,(H,13,14). The summed E-state index contributed by atoms with van der Waals surface area (Å²) >= 11 is 0. The van der Waals surface area contributed by atoms with Crippen LogP contribution < -0.4 is 0 Å². The maximum Gasteiger partial charge on any atom is 0.415 e.